The number of aromatic amines is 1. The zero-order valence-corrected chi connectivity index (χ0v) is 17.7. The largest absolute Gasteiger partial charge is 0.456 e. The topological polar surface area (TPSA) is 69.3 Å². The summed E-state index contributed by atoms with van der Waals surface area (Å²) in [5, 5.41) is 0.392. The van der Waals surface area contributed by atoms with Gasteiger partial charge in [-0.05, 0) is 24.1 Å². The number of hydrogen-bond donors (Lipinski definition) is 1. The Morgan fingerprint density at radius 2 is 1.91 bits per heavy atom. The van der Waals surface area contributed by atoms with E-state index in [1.54, 1.807) is 12.1 Å². The summed E-state index contributed by atoms with van der Waals surface area (Å²) in [5.74, 6) is -0.343. The van der Waals surface area contributed by atoms with Crippen LogP contribution in [0.25, 0.3) is 33.5 Å². The molecule has 0 bridgehead atoms. The van der Waals surface area contributed by atoms with Gasteiger partial charge in [0.15, 0.2) is 11.8 Å². The number of aromatic nitrogens is 3. The molecule has 4 heterocycles. The van der Waals surface area contributed by atoms with E-state index in [4.69, 9.17) is 25.8 Å². The van der Waals surface area contributed by atoms with E-state index < -0.39 is 0 Å². The van der Waals surface area contributed by atoms with Gasteiger partial charge < -0.3 is 19.2 Å². The highest BCUT2D eigenvalue weighted by Gasteiger charge is 2.43. The maximum Gasteiger partial charge on any atom is 0.296 e. The third-order valence-corrected chi connectivity index (χ3v) is 6.20. The highest BCUT2D eigenvalue weighted by Crippen LogP contribution is 2.33. The summed E-state index contributed by atoms with van der Waals surface area (Å²) in [6, 6.07) is 16.4. The van der Waals surface area contributed by atoms with E-state index in [-0.39, 0.29) is 24.1 Å². The Morgan fingerprint density at radius 3 is 2.75 bits per heavy atom. The number of rotatable bonds is 4. The Labute approximate surface area is 188 Å². The number of hydrogen-bond acceptors (Lipinski definition) is 5. The van der Waals surface area contributed by atoms with Crippen molar-refractivity contribution < 1.29 is 18.6 Å². The van der Waals surface area contributed by atoms with Gasteiger partial charge in [-0.1, -0.05) is 54.1 Å². The Hall–Kier alpha value is -3.00. The molecule has 3 atom stereocenters. The summed E-state index contributed by atoms with van der Waals surface area (Å²) in [7, 11) is 0. The van der Waals surface area contributed by atoms with Crippen LogP contribution in [0.1, 0.15) is 6.42 Å². The van der Waals surface area contributed by atoms with E-state index in [0.717, 1.165) is 12.0 Å². The molecule has 2 fully saturated rings. The molecular weight excluding hydrogens is 433 g/mol. The number of pyridine rings is 1. The monoisotopic (exact) mass is 451 g/mol. The standard InChI is InChI=1S/C24H19ClFN3O3/c25-16-11-18-23(29-24(27-18)32-20-12-31-19-8-9-30-22(19)20)28-21(16)14-6-7-15(17(26)10-14)13-4-2-1-3-5-13/h1-7,10-11,19-20,22H,8-9,12H2,(H,27,28,29). The zero-order valence-electron chi connectivity index (χ0n) is 16.9. The van der Waals surface area contributed by atoms with E-state index in [2.05, 4.69) is 15.0 Å². The van der Waals surface area contributed by atoms with Gasteiger partial charge in [0.05, 0.1) is 28.9 Å². The molecule has 32 heavy (non-hydrogen) atoms. The van der Waals surface area contributed by atoms with Crippen molar-refractivity contribution in [2.45, 2.75) is 24.7 Å². The molecule has 162 valence electrons. The summed E-state index contributed by atoms with van der Waals surface area (Å²) in [5.41, 5.74) is 3.44. The molecule has 0 radical (unpaired) electrons. The minimum absolute atomic E-state index is 0.0808. The van der Waals surface area contributed by atoms with Crippen molar-refractivity contribution in [2.24, 2.45) is 0 Å². The number of imidazole rings is 1. The molecule has 0 saturated carbocycles. The molecule has 2 aliphatic heterocycles. The lowest BCUT2D eigenvalue weighted by molar-refractivity contribution is 0.0273. The Balaban J connectivity index is 1.30. The molecule has 8 heteroatoms. The number of benzene rings is 2. The molecule has 6 nitrogen and oxygen atoms in total. The van der Waals surface area contributed by atoms with Crippen LogP contribution in [0.4, 0.5) is 4.39 Å². The van der Waals surface area contributed by atoms with Crippen LogP contribution in [-0.4, -0.2) is 46.5 Å². The van der Waals surface area contributed by atoms with Gasteiger partial charge in [0, 0.05) is 17.7 Å². The molecule has 2 saturated heterocycles. The summed E-state index contributed by atoms with van der Waals surface area (Å²) < 4.78 is 32.3. The number of nitrogens with zero attached hydrogens (tertiary/aromatic N) is 2. The van der Waals surface area contributed by atoms with Gasteiger partial charge >= 0.3 is 0 Å². The lowest BCUT2D eigenvalue weighted by Crippen LogP contribution is -2.32. The third-order valence-electron chi connectivity index (χ3n) is 5.92. The number of halogens is 2. The van der Waals surface area contributed by atoms with Gasteiger partial charge in [0.2, 0.25) is 0 Å². The molecule has 0 amide bonds. The van der Waals surface area contributed by atoms with Crippen LogP contribution in [0.5, 0.6) is 6.01 Å². The van der Waals surface area contributed by atoms with Gasteiger partial charge in [-0.2, -0.15) is 4.98 Å². The number of fused-ring (bicyclic) bond motifs is 2. The lowest BCUT2D eigenvalue weighted by Gasteiger charge is -2.15. The second-order valence-electron chi connectivity index (χ2n) is 7.94. The number of H-pyrrole nitrogens is 1. The predicted molar refractivity (Wildman–Crippen MR) is 118 cm³/mol. The fourth-order valence-corrected chi connectivity index (χ4v) is 4.60. The predicted octanol–water partition coefficient (Wildman–Crippen LogP) is 5.02. The van der Waals surface area contributed by atoms with E-state index >= 15 is 0 Å². The Morgan fingerprint density at radius 1 is 1.03 bits per heavy atom. The van der Waals surface area contributed by atoms with Crippen LogP contribution in [0.3, 0.4) is 0 Å². The van der Waals surface area contributed by atoms with Crippen LogP contribution in [0, 0.1) is 5.82 Å². The molecule has 2 aromatic heterocycles. The lowest BCUT2D eigenvalue weighted by atomic mass is 10.0. The van der Waals surface area contributed by atoms with Crippen molar-refractivity contribution in [1.29, 1.82) is 0 Å². The average Bonchev–Trinajstić information content (AvgIpc) is 3.51. The van der Waals surface area contributed by atoms with Crippen molar-refractivity contribution >= 4 is 22.8 Å². The quantitative estimate of drug-likeness (QED) is 0.472. The Kier molecular flexibility index (Phi) is 4.82. The van der Waals surface area contributed by atoms with Gasteiger partial charge in [0.1, 0.15) is 11.9 Å². The van der Waals surface area contributed by atoms with E-state index in [9.17, 15) is 4.39 Å². The zero-order chi connectivity index (χ0) is 21.7. The molecule has 6 rings (SSSR count). The second-order valence-corrected chi connectivity index (χ2v) is 8.35. The second kappa shape index (κ2) is 7.85. The SMILES string of the molecule is Fc1cc(-c2nc3nc(OC4COC5CCOC54)[nH]c3cc2Cl)ccc1-c1ccccc1. The molecular formula is C24H19ClFN3O3. The van der Waals surface area contributed by atoms with Crippen LogP contribution >= 0.6 is 11.6 Å². The molecule has 4 aromatic rings. The molecule has 2 aromatic carbocycles. The van der Waals surface area contributed by atoms with Gasteiger partial charge in [-0.15, -0.1) is 0 Å². The number of ether oxygens (including phenoxy) is 3. The van der Waals surface area contributed by atoms with Crippen LogP contribution in [0.2, 0.25) is 5.02 Å². The van der Waals surface area contributed by atoms with E-state index in [0.29, 0.717) is 52.2 Å². The highest BCUT2D eigenvalue weighted by atomic mass is 35.5. The van der Waals surface area contributed by atoms with Crippen molar-refractivity contribution in [2.75, 3.05) is 13.2 Å². The first-order valence-corrected chi connectivity index (χ1v) is 10.8. The number of nitrogens with one attached hydrogen (secondary N) is 1. The van der Waals surface area contributed by atoms with Crippen molar-refractivity contribution in [3.8, 4) is 28.4 Å². The molecule has 0 aliphatic carbocycles. The van der Waals surface area contributed by atoms with Crippen molar-refractivity contribution in [3.63, 3.8) is 0 Å². The third kappa shape index (κ3) is 3.43. The van der Waals surface area contributed by atoms with Gasteiger partial charge in [-0.25, -0.2) is 9.37 Å². The fraction of sp³-hybridized carbons (Fsp3) is 0.250. The van der Waals surface area contributed by atoms with E-state index in [1.807, 2.05) is 36.4 Å². The van der Waals surface area contributed by atoms with Crippen molar-refractivity contribution in [1.82, 2.24) is 15.0 Å². The summed E-state index contributed by atoms with van der Waals surface area (Å²) in [6.07, 6.45) is 0.654. The first-order valence-electron chi connectivity index (χ1n) is 10.5. The summed E-state index contributed by atoms with van der Waals surface area (Å²) in [6.45, 7) is 1.13. The van der Waals surface area contributed by atoms with Crippen LogP contribution < -0.4 is 4.74 Å². The minimum Gasteiger partial charge on any atom is -0.456 e. The smallest absolute Gasteiger partial charge is 0.296 e. The van der Waals surface area contributed by atoms with Crippen molar-refractivity contribution in [3.05, 3.63) is 65.4 Å². The van der Waals surface area contributed by atoms with Crippen LogP contribution in [0.15, 0.2) is 54.6 Å². The summed E-state index contributed by atoms with van der Waals surface area (Å²) in [4.78, 5) is 12.1. The molecule has 0 spiro atoms. The van der Waals surface area contributed by atoms with Crippen LogP contribution in [-0.2, 0) is 9.47 Å². The van der Waals surface area contributed by atoms with Gasteiger partial charge in [0.25, 0.3) is 6.01 Å². The maximum atomic E-state index is 14.9. The minimum atomic E-state index is -0.343. The van der Waals surface area contributed by atoms with E-state index in [1.165, 1.54) is 6.07 Å². The highest BCUT2D eigenvalue weighted by molar-refractivity contribution is 6.33. The fourth-order valence-electron chi connectivity index (χ4n) is 4.34. The average molecular weight is 452 g/mol. The maximum absolute atomic E-state index is 14.9. The van der Waals surface area contributed by atoms with Gasteiger partial charge in [-0.3, -0.25) is 0 Å². The molecule has 3 unspecified atom stereocenters. The normalized spacial score (nSPS) is 22.4. The summed E-state index contributed by atoms with van der Waals surface area (Å²) >= 11 is 6.49. The first kappa shape index (κ1) is 19.7. The first-order chi connectivity index (χ1) is 15.7. The Bertz CT molecular complexity index is 1300. The molecule has 1 N–H and O–H groups in total. The molecule has 2 aliphatic rings.